The largest absolute Gasteiger partial charge is 0.396 e. The van der Waals surface area contributed by atoms with E-state index < -0.39 is 0 Å². The van der Waals surface area contributed by atoms with E-state index in [1.165, 1.54) is 24.1 Å². The van der Waals surface area contributed by atoms with E-state index in [1.54, 1.807) is 0 Å². The standard InChI is InChI=1S/C14H17NO/c1-14-8-4-5-10(9-16)13(14)15-12-7-3-2-6-11(12)14/h2-3,6-7,10,16H,4-5,8-9H2,1H3/t10-,14-/m0/s1. The maximum Gasteiger partial charge on any atom is 0.0670 e. The van der Waals surface area contributed by atoms with Crippen LogP contribution >= 0.6 is 0 Å². The molecule has 1 saturated carbocycles. The van der Waals surface area contributed by atoms with Gasteiger partial charge in [0.15, 0.2) is 0 Å². The molecule has 84 valence electrons. The lowest BCUT2D eigenvalue weighted by Crippen LogP contribution is -2.40. The molecular weight excluding hydrogens is 198 g/mol. The summed E-state index contributed by atoms with van der Waals surface area (Å²) in [6, 6.07) is 8.40. The summed E-state index contributed by atoms with van der Waals surface area (Å²) in [6.45, 7) is 2.52. The zero-order chi connectivity index (χ0) is 11.2. The van der Waals surface area contributed by atoms with Gasteiger partial charge in [0.25, 0.3) is 0 Å². The second-order valence-electron chi connectivity index (χ2n) is 5.12. The van der Waals surface area contributed by atoms with E-state index in [0.717, 1.165) is 12.1 Å². The van der Waals surface area contributed by atoms with E-state index >= 15 is 0 Å². The molecule has 0 aromatic heterocycles. The molecule has 0 saturated heterocycles. The maximum absolute atomic E-state index is 9.45. The van der Waals surface area contributed by atoms with Gasteiger partial charge in [0, 0.05) is 17.0 Å². The second kappa shape index (κ2) is 3.42. The summed E-state index contributed by atoms with van der Waals surface area (Å²) in [4.78, 5) is 4.75. The molecule has 1 aromatic rings. The summed E-state index contributed by atoms with van der Waals surface area (Å²) in [5.74, 6) is 0.270. The summed E-state index contributed by atoms with van der Waals surface area (Å²) in [5.41, 5.74) is 3.76. The molecule has 1 aromatic carbocycles. The minimum atomic E-state index is 0.0856. The zero-order valence-corrected chi connectivity index (χ0v) is 9.61. The van der Waals surface area contributed by atoms with Crippen molar-refractivity contribution in [1.82, 2.24) is 0 Å². The van der Waals surface area contributed by atoms with Crippen molar-refractivity contribution >= 4 is 11.4 Å². The summed E-state index contributed by atoms with van der Waals surface area (Å²) in [5, 5.41) is 9.45. The Kier molecular flexibility index (Phi) is 2.15. The molecule has 16 heavy (non-hydrogen) atoms. The van der Waals surface area contributed by atoms with Crippen molar-refractivity contribution in [3.8, 4) is 0 Å². The highest BCUT2D eigenvalue weighted by atomic mass is 16.3. The number of benzene rings is 1. The Morgan fingerprint density at radius 3 is 3.06 bits per heavy atom. The predicted octanol–water partition coefficient (Wildman–Crippen LogP) is 2.82. The van der Waals surface area contributed by atoms with Crippen LogP contribution in [0.3, 0.4) is 0 Å². The van der Waals surface area contributed by atoms with Gasteiger partial charge in [-0.15, -0.1) is 0 Å². The Bertz CT molecular complexity index is 452. The molecule has 0 bridgehead atoms. The quantitative estimate of drug-likeness (QED) is 0.767. The molecule has 1 N–H and O–H groups in total. The number of hydrogen-bond donors (Lipinski definition) is 1. The third kappa shape index (κ3) is 1.20. The van der Waals surface area contributed by atoms with E-state index in [2.05, 4.69) is 25.1 Å². The third-order valence-electron chi connectivity index (χ3n) is 4.14. The molecule has 2 nitrogen and oxygen atoms in total. The molecule has 0 radical (unpaired) electrons. The van der Waals surface area contributed by atoms with Gasteiger partial charge in [-0.1, -0.05) is 31.5 Å². The third-order valence-corrected chi connectivity index (χ3v) is 4.14. The Labute approximate surface area is 96.0 Å². The number of aliphatic hydroxyl groups is 1. The average Bonchev–Trinajstić information content (AvgIpc) is 2.62. The number of hydrogen-bond acceptors (Lipinski definition) is 2. The Balaban J connectivity index is 2.13. The Hall–Kier alpha value is -1.15. The van der Waals surface area contributed by atoms with Gasteiger partial charge in [0.2, 0.25) is 0 Å². The van der Waals surface area contributed by atoms with E-state index in [0.29, 0.717) is 0 Å². The lowest BCUT2D eigenvalue weighted by Gasteiger charge is -2.36. The summed E-state index contributed by atoms with van der Waals surface area (Å²) in [7, 11) is 0. The van der Waals surface area contributed by atoms with Gasteiger partial charge in [-0.3, -0.25) is 4.99 Å². The highest BCUT2D eigenvalue weighted by Gasteiger charge is 2.44. The Morgan fingerprint density at radius 1 is 1.44 bits per heavy atom. The van der Waals surface area contributed by atoms with Gasteiger partial charge < -0.3 is 5.11 Å². The van der Waals surface area contributed by atoms with Crippen molar-refractivity contribution in [2.75, 3.05) is 6.61 Å². The fraction of sp³-hybridized carbons (Fsp3) is 0.500. The number of fused-ring (bicyclic) bond motifs is 3. The van der Waals surface area contributed by atoms with Crippen molar-refractivity contribution < 1.29 is 5.11 Å². The molecule has 2 aliphatic rings. The highest BCUT2D eigenvalue weighted by Crippen LogP contribution is 2.48. The van der Waals surface area contributed by atoms with Gasteiger partial charge in [-0.2, -0.15) is 0 Å². The van der Waals surface area contributed by atoms with Crippen LogP contribution in [0.25, 0.3) is 0 Å². The topological polar surface area (TPSA) is 32.6 Å². The normalized spacial score (nSPS) is 31.9. The molecule has 2 atom stereocenters. The smallest absolute Gasteiger partial charge is 0.0670 e. The molecule has 0 unspecified atom stereocenters. The first kappa shape index (κ1) is 10.0. The second-order valence-corrected chi connectivity index (χ2v) is 5.12. The van der Waals surface area contributed by atoms with Gasteiger partial charge in [0.1, 0.15) is 0 Å². The van der Waals surface area contributed by atoms with Crippen molar-refractivity contribution in [2.45, 2.75) is 31.6 Å². The summed E-state index contributed by atoms with van der Waals surface area (Å²) >= 11 is 0. The molecular formula is C14H17NO. The SMILES string of the molecule is C[C@@]12CCC[C@@H](CO)C1=Nc1ccccc12. The number of aliphatic imine (C=N–C) groups is 1. The van der Waals surface area contributed by atoms with E-state index in [4.69, 9.17) is 4.99 Å². The molecule has 1 aliphatic carbocycles. The number of rotatable bonds is 1. The number of aliphatic hydroxyl groups excluding tert-OH is 1. The van der Waals surface area contributed by atoms with Crippen LogP contribution in [0.5, 0.6) is 0 Å². The first-order valence-electron chi connectivity index (χ1n) is 6.05. The van der Waals surface area contributed by atoms with Crippen molar-refractivity contribution in [1.29, 1.82) is 0 Å². The van der Waals surface area contributed by atoms with Crippen LogP contribution in [-0.4, -0.2) is 17.4 Å². The van der Waals surface area contributed by atoms with Crippen LogP contribution < -0.4 is 0 Å². The maximum atomic E-state index is 9.45. The molecule has 0 amide bonds. The average molecular weight is 215 g/mol. The number of nitrogens with zero attached hydrogens (tertiary/aromatic N) is 1. The van der Waals surface area contributed by atoms with Crippen LogP contribution in [0.1, 0.15) is 31.7 Å². The zero-order valence-electron chi connectivity index (χ0n) is 9.61. The fourth-order valence-electron chi connectivity index (χ4n) is 3.25. The van der Waals surface area contributed by atoms with Gasteiger partial charge in [-0.25, -0.2) is 0 Å². The molecule has 3 rings (SSSR count). The molecule has 2 heteroatoms. The molecule has 1 fully saturated rings. The molecule has 1 aliphatic heterocycles. The van der Waals surface area contributed by atoms with Crippen LogP contribution in [0.4, 0.5) is 5.69 Å². The van der Waals surface area contributed by atoms with E-state index in [9.17, 15) is 5.11 Å². The van der Waals surface area contributed by atoms with Gasteiger partial charge in [-0.05, 0) is 24.5 Å². The minimum Gasteiger partial charge on any atom is -0.396 e. The first-order valence-corrected chi connectivity index (χ1v) is 6.05. The van der Waals surface area contributed by atoms with Gasteiger partial charge >= 0.3 is 0 Å². The van der Waals surface area contributed by atoms with Crippen molar-refractivity contribution in [2.24, 2.45) is 10.9 Å². The van der Waals surface area contributed by atoms with Gasteiger partial charge in [0.05, 0.1) is 12.3 Å². The lowest BCUT2D eigenvalue weighted by molar-refractivity contribution is 0.237. The highest BCUT2D eigenvalue weighted by molar-refractivity contribution is 6.03. The van der Waals surface area contributed by atoms with Crippen molar-refractivity contribution in [3.63, 3.8) is 0 Å². The van der Waals surface area contributed by atoms with E-state index in [-0.39, 0.29) is 17.9 Å². The summed E-state index contributed by atoms with van der Waals surface area (Å²) in [6.07, 6.45) is 3.44. The Morgan fingerprint density at radius 2 is 2.25 bits per heavy atom. The van der Waals surface area contributed by atoms with Crippen molar-refractivity contribution in [3.05, 3.63) is 29.8 Å². The monoisotopic (exact) mass is 215 g/mol. The lowest BCUT2D eigenvalue weighted by atomic mass is 9.67. The van der Waals surface area contributed by atoms with Crippen LogP contribution in [-0.2, 0) is 5.41 Å². The van der Waals surface area contributed by atoms with Crippen LogP contribution in [0.2, 0.25) is 0 Å². The van der Waals surface area contributed by atoms with Crippen LogP contribution in [0.15, 0.2) is 29.3 Å². The summed E-state index contributed by atoms with van der Waals surface area (Å²) < 4.78 is 0. The predicted molar refractivity (Wildman–Crippen MR) is 65.3 cm³/mol. The molecule has 0 spiro atoms. The van der Waals surface area contributed by atoms with Crippen LogP contribution in [0, 0.1) is 5.92 Å². The first-order chi connectivity index (χ1) is 7.75. The van der Waals surface area contributed by atoms with E-state index in [1.807, 2.05) is 6.07 Å². The number of para-hydroxylation sites is 1. The minimum absolute atomic E-state index is 0.0856. The fourth-order valence-corrected chi connectivity index (χ4v) is 3.25. The molecule has 1 heterocycles.